The van der Waals surface area contributed by atoms with E-state index in [1.54, 1.807) is 0 Å². The van der Waals surface area contributed by atoms with Gasteiger partial charge in [-0.3, -0.25) is 24.0 Å². The van der Waals surface area contributed by atoms with Gasteiger partial charge < -0.3 is 39.1 Å². The number of methoxy groups -OCH3 is 2. The zero-order chi connectivity index (χ0) is 34.8. The molecule has 2 rings (SSSR count). The lowest BCUT2D eigenvalue weighted by atomic mass is 9.88. The lowest BCUT2D eigenvalue weighted by molar-refractivity contribution is -0.266. The number of carbonyl (C=O) groups is 6. The summed E-state index contributed by atoms with van der Waals surface area (Å²) >= 11 is 0. The molecule has 1 fully saturated rings. The smallest absolute Gasteiger partial charge is 0.430 e. The first kappa shape index (κ1) is 37.9. The van der Waals surface area contributed by atoms with Gasteiger partial charge in [0, 0.05) is 40.4 Å². The third-order valence-corrected chi connectivity index (χ3v) is 6.96. The van der Waals surface area contributed by atoms with Gasteiger partial charge in [-0.15, -0.1) is 0 Å². The van der Waals surface area contributed by atoms with Gasteiger partial charge >= 0.3 is 30.1 Å². The first-order valence-electron chi connectivity index (χ1n) is 13.9. The average molecular weight is 663 g/mol. The summed E-state index contributed by atoms with van der Waals surface area (Å²) in [4.78, 5) is 73.9. The first-order chi connectivity index (χ1) is 21.5. The Morgan fingerprint density at radius 3 is 1.93 bits per heavy atom. The number of hydrogen-bond donors (Lipinski definition) is 2. The molecule has 0 radical (unpaired) electrons. The van der Waals surface area contributed by atoms with Crippen molar-refractivity contribution in [3.63, 3.8) is 0 Å². The van der Waals surface area contributed by atoms with Crippen LogP contribution < -0.4 is 10.6 Å². The number of nitrogens with one attached hydrogen (secondary N) is 2. The Balaban J connectivity index is 2.50. The van der Waals surface area contributed by atoms with Gasteiger partial charge in [-0.05, 0) is 12.8 Å². The quantitative estimate of drug-likeness (QED) is 0.228. The van der Waals surface area contributed by atoms with Gasteiger partial charge in [0.2, 0.25) is 5.91 Å². The van der Waals surface area contributed by atoms with Crippen LogP contribution >= 0.6 is 0 Å². The van der Waals surface area contributed by atoms with Crippen LogP contribution in [0.4, 0.5) is 13.2 Å². The van der Waals surface area contributed by atoms with Crippen molar-refractivity contribution in [1.29, 1.82) is 0 Å². The molecule has 2 amide bonds. The second kappa shape index (κ2) is 16.4. The third-order valence-electron chi connectivity index (χ3n) is 6.96. The number of carbonyl (C=O) groups excluding carboxylic acids is 6. The molecule has 256 valence electrons. The van der Waals surface area contributed by atoms with E-state index in [0.717, 1.165) is 46.9 Å². The molecule has 1 saturated heterocycles. The summed E-state index contributed by atoms with van der Waals surface area (Å²) in [5, 5.41) is 4.61. The zero-order valence-corrected chi connectivity index (χ0v) is 26.0. The molecule has 0 unspecified atom stereocenters. The maximum atomic E-state index is 14.5. The molecule has 1 heterocycles. The van der Waals surface area contributed by atoms with Crippen LogP contribution in [-0.2, 0) is 62.8 Å². The molecule has 0 bridgehead atoms. The molecule has 0 aromatic heterocycles. The van der Waals surface area contributed by atoms with Gasteiger partial charge in [0.1, 0.15) is 18.8 Å². The van der Waals surface area contributed by atoms with Crippen molar-refractivity contribution in [2.75, 3.05) is 20.8 Å². The Morgan fingerprint density at radius 2 is 1.46 bits per heavy atom. The van der Waals surface area contributed by atoms with Crippen molar-refractivity contribution in [3.05, 3.63) is 35.9 Å². The Bertz CT molecular complexity index is 1260. The summed E-state index contributed by atoms with van der Waals surface area (Å²) in [6, 6.07) is 3.12. The molecule has 14 nitrogen and oxygen atoms in total. The van der Waals surface area contributed by atoms with Crippen LogP contribution in [0.15, 0.2) is 30.3 Å². The normalized spacial score (nSPS) is 23.1. The summed E-state index contributed by atoms with van der Waals surface area (Å²) < 4.78 is 74.7. The number of amides is 2. The van der Waals surface area contributed by atoms with E-state index in [9.17, 15) is 41.9 Å². The molecule has 17 heteroatoms. The minimum Gasteiger partial charge on any atom is -0.467 e. The van der Waals surface area contributed by atoms with Crippen LogP contribution in [0, 0.1) is 0 Å². The molecule has 2 N–H and O–H groups in total. The van der Waals surface area contributed by atoms with Crippen molar-refractivity contribution < 1.29 is 70.4 Å². The zero-order valence-electron chi connectivity index (χ0n) is 26.0. The monoisotopic (exact) mass is 662 g/mol. The first-order valence-corrected chi connectivity index (χ1v) is 13.9. The van der Waals surface area contributed by atoms with E-state index in [1.807, 2.05) is 0 Å². The van der Waals surface area contributed by atoms with Crippen LogP contribution in [0.25, 0.3) is 0 Å². The third kappa shape index (κ3) is 9.38. The van der Waals surface area contributed by atoms with Crippen molar-refractivity contribution >= 4 is 35.7 Å². The summed E-state index contributed by atoms with van der Waals surface area (Å²) in [6.45, 7) is 3.86. The second-order valence-corrected chi connectivity index (χ2v) is 10.3. The van der Waals surface area contributed by atoms with E-state index in [4.69, 9.17) is 28.4 Å². The molecule has 1 aliphatic heterocycles. The van der Waals surface area contributed by atoms with Gasteiger partial charge in [-0.25, -0.2) is 4.79 Å². The number of hydrogen-bond acceptors (Lipinski definition) is 12. The molecule has 0 spiro atoms. The van der Waals surface area contributed by atoms with E-state index in [2.05, 4.69) is 10.6 Å². The maximum Gasteiger partial charge on any atom is 0.430 e. The van der Waals surface area contributed by atoms with Crippen molar-refractivity contribution in [2.45, 2.75) is 88.8 Å². The van der Waals surface area contributed by atoms with Crippen LogP contribution in [-0.4, -0.2) is 99.2 Å². The minimum atomic E-state index is -5.27. The van der Waals surface area contributed by atoms with E-state index >= 15 is 0 Å². The Hall–Kier alpha value is -4.25. The topological polar surface area (TPSA) is 182 Å². The van der Waals surface area contributed by atoms with Crippen LogP contribution in [0.3, 0.4) is 0 Å². The number of esters is 4. The Kier molecular flexibility index (Phi) is 13.5. The van der Waals surface area contributed by atoms with E-state index in [0.29, 0.717) is 7.11 Å². The molecule has 7 atom stereocenters. The fraction of sp³-hybridized carbons (Fsp3) is 0.586. The Labute approximate surface area is 262 Å². The van der Waals surface area contributed by atoms with Crippen LogP contribution in [0.5, 0.6) is 0 Å². The summed E-state index contributed by atoms with van der Waals surface area (Å²) in [7, 11) is 1.65. The molecule has 46 heavy (non-hydrogen) atoms. The van der Waals surface area contributed by atoms with E-state index < -0.39 is 103 Å². The molecular formula is C29H37F3N2O12. The van der Waals surface area contributed by atoms with Crippen LogP contribution in [0.1, 0.15) is 46.1 Å². The van der Waals surface area contributed by atoms with Gasteiger partial charge in [0.25, 0.3) is 11.5 Å². The number of ether oxygens (including phenoxy) is 6. The van der Waals surface area contributed by atoms with Crippen molar-refractivity contribution in [3.8, 4) is 0 Å². The maximum absolute atomic E-state index is 14.5. The summed E-state index contributed by atoms with van der Waals surface area (Å²) in [5.74, 6) is -5.86. The molecule has 0 saturated carbocycles. The van der Waals surface area contributed by atoms with Gasteiger partial charge in [-0.2, -0.15) is 13.2 Å². The van der Waals surface area contributed by atoms with Crippen molar-refractivity contribution in [2.24, 2.45) is 0 Å². The molecule has 1 aromatic rings. The van der Waals surface area contributed by atoms with E-state index in [-0.39, 0.29) is 6.42 Å². The van der Waals surface area contributed by atoms with Crippen molar-refractivity contribution in [1.82, 2.24) is 10.6 Å². The summed E-state index contributed by atoms with van der Waals surface area (Å²) in [6.07, 6.45) is -11.2. The highest BCUT2D eigenvalue weighted by Gasteiger charge is 2.63. The van der Waals surface area contributed by atoms with Gasteiger partial charge in [0.05, 0.1) is 19.3 Å². The van der Waals surface area contributed by atoms with E-state index in [1.165, 1.54) is 18.2 Å². The average Bonchev–Trinajstić information content (AvgIpc) is 2.96. The lowest BCUT2D eigenvalue weighted by Crippen LogP contribution is -2.66. The highest BCUT2D eigenvalue weighted by Crippen LogP contribution is 2.42. The predicted octanol–water partition coefficient (Wildman–Crippen LogP) is 1.23. The lowest BCUT2D eigenvalue weighted by Gasteiger charge is -2.45. The highest BCUT2D eigenvalue weighted by atomic mass is 19.4. The number of benzene rings is 1. The minimum absolute atomic E-state index is 0.288. The molecular weight excluding hydrogens is 625 g/mol. The second-order valence-electron chi connectivity index (χ2n) is 10.3. The fourth-order valence-corrected chi connectivity index (χ4v) is 5.08. The standard InChI is InChI=1S/C29H37F3N2O12/c1-15(35)33-23-21(46-22(14-43-16(2)36)24(44-17(3)37)25(23)45-18(4)38)13-12-20(26(39)41-5)34-27(40)28(42-6,29(30,31)32)19-10-8-7-9-11-19/h7-11,20-25H,12-14H2,1-6H3,(H,33,35)(H,34,40)/t20-,21+,22-,23+,24-,25-,28-/m1/s1. The number of halogens is 3. The van der Waals surface area contributed by atoms with Gasteiger partial charge in [0.15, 0.2) is 12.2 Å². The number of alkyl halides is 3. The molecule has 1 aliphatic rings. The highest BCUT2D eigenvalue weighted by molar-refractivity contribution is 5.91. The molecule has 0 aliphatic carbocycles. The summed E-state index contributed by atoms with van der Waals surface area (Å²) in [5.41, 5.74) is -4.06. The van der Waals surface area contributed by atoms with Crippen LogP contribution in [0.2, 0.25) is 0 Å². The molecule has 1 aromatic carbocycles. The fourth-order valence-electron chi connectivity index (χ4n) is 5.08. The SMILES string of the molecule is COC(=O)[C@@H](CC[C@@H]1O[C@H](COC(C)=O)[C@@H](OC(C)=O)[C@H](OC(C)=O)[C@H]1NC(C)=O)NC(=O)[C@](OC)(c1ccccc1)C(F)(F)F. The predicted molar refractivity (Wildman–Crippen MR) is 148 cm³/mol. The largest absolute Gasteiger partial charge is 0.467 e. The van der Waals surface area contributed by atoms with Gasteiger partial charge in [-0.1, -0.05) is 30.3 Å². The Morgan fingerprint density at radius 1 is 0.870 bits per heavy atom. The number of rotatable bonds is 13.